The maximum Gasteiger partial charge on any atom is 0.264 e. The molecule has 3 N–H and O–H groups in total. The van der Waals surface area contributed by atoms with E-state index in [4.69, 9.17) is 5.73 Å². The van der Waals surface area contributed by atoms with Gasteiger partial charge in [-0.3, -0.25) is 4.72 Å². The average molecular weight is 442 g/mol. The highest BCUT2D eigenvalue weighted by Crippen LogP contribution is 2.33. The number of hydrogen-bond donors (Lipinski definition) is 2. The predicted molar refractivity (Wildman–Crippen MR) is 83.4 cm³/mol. The minimum Gasteiger partial charge on any atom is -0.399 e. The van der Waals surface area contributed by atoms with Crippen molar-refractivity contribution < 1.29 is 17.2 Å². The van der Waals surface area contributed by atoms with Crippen LogP contribution < -0.4 is 10.5 Å². The number of sulfonamides is 1. The van der Waals surface area contributed by atoms with Gasteiger partial charge in [0.25, 0.3) is 10.0 Å². The van der Waals surface area contributed by atoms with Crippen LogP contribution in [0.1, 0.15) is 0 Å². The van der Waals surface area contributed by atoms with Crippen molar-refractivity contribution in [2.45, 2.75) is 4.90 Å². The van der Waals surface area contributed by atoms with Gasteiger partial charge < -0.3 is 5.73 Å². The van der Waals surface area contributed by atoms with E-state index in [1.54, 1.807) is 0 Å². The zero-order valence-electron chi connectivity index (χ0n) is 10.2. The van der Waals surface area contributed by atoms with Gasteiger partial charge in [0.2, 0.25) is 0 Å². The molecule has 0 radical (unpaired) electrons. The average Bonchev–Trinajstić information content (AvgIpc) is 2.31. The molecule has 0 aromatic heterocycles. The lowest BCUT2D eigenvalue weighted by atomic mass is 10.3. The lowest BCUT2D eigenvalue weighted by Crippen LogP contribution is -2.14. The molecule has 21 heavy (non-hydrogen) atoms. The summed E-state index contributed by atoms with van der Waals surface area (Å²) in [5, 5.41) is 0. The highest BCUT2D eigenvalue weighted by Gasteiger charge is 2.22. The number of halogens is 4. The fraction of sp³-hybridized carbons (Fsp3) is 0. The number of hydrogen-bond acceptors (Lipinski definition) is 3. The predicted octanol–water partition coefficient (Wildman–Crippen LogP) is 3.87. The lowest BCUT2D eigenvalue weighted by molar-refractivity contribution is 0.509. The summed E-state index contributed by atoms with van der Waals surface area (Å²) in [6, 6.07) is 5.55. The van der Waals surface area contributed by atoms with Gasteiger partial charge in [-0.15, -0.1) is 0 Å². The van der Waals surface area contributed by atoms with Gasteiger partial charge in [-0.1, -0.05) is 0 Å². The van der Waals surface area contributed by atoms with E-state index in [9.17, 15) is 17.2 Å². The zero-order valence-corrected chi connectivity index (χ0v) is 14.2. The maximum absolute atomic E-state index is 13.1. The van der Waals surface area contributed by atoms with Crippen molar-refractivity contribution in [2.75, 3.05) is 10.5 Å². The molecule has 0 heterocycles. The molecule has 0 bridgehead atoms. The first-order chi connectivity index (χ1) is 9.70. The standard InChI is InChI=1S/C12H8Br2F2N2O2S/c13-8-3-6(17)4-9(14)12(8)21(19,20)18-7-1-2-10(15)11(16)5-7/h1-5,18H,17H2. The van der Waals surface area contributed by atoms with Gasteiger partial charge in [0.1, 0.15) is 4.90 Å². The van der Waals surface area contributed by atoms with Crippen LogP contribution in [0.3, 0.4) is 0 Å². The van der Waals surface area contributed by atoms with Crippen molar-refractivity contribution in [3.63, 3.8) is 0 Å². The van der Waals surface area contributed by atoms with Crippen LogP contribution in [-0.4, -0.2) is 8.42 Å². The molecule has 2 aromatic carbocycles. The molecule has 0 spiro atoms. The van der Waals surface area contributed by atoms with E-state index in [0.717, 1.165) is 18.2 Å². The zero-order chi connectivity index (χ0) is 15.8. The second-order valence-corrected chi connectivity index (χ2v) is 7.38. The fourth-order valence-corrected chi connectivity index (χ4v) is 5.27. The summed E-state index contributed by atoms with van der Waals surface area (Å²) < 4.78 is 53.3. The Kier molecular flexibility index (Phi) is 4.54. The van der Waals surface area contributed by atoms with E-state index < -0.39 is 21.7 Å². The molecule has 0 saturated heterocycles. The van der Waals surface area contributed by atoms with Crippen molar-refractivity contribution in [3.05, 3.63) is 50.9 Å². The summed E-state index contributed by atoms with van der Waals surface area (Å²) in [6.07, 6.45) is 0. The lowest BCUT2D eigenvalue weighted by Gasteiger charge is -2.12. The number of nitrogens with one attached hydrogen (secondary N) is 1. The smallest absolute Gasteiger partial charge is 0.264 e. The molecular weight excluding hydrogens is 434 g/mol. The summed E-state index contributed by atoms with van der Waals surface area (Å²) >= 11 is 6.22. The van der Waals surface area contributed by atoms with Gasteiger partial charge in [-0.2, -0.15) is 0 Å². The van der Waals surface area contributed by atoms with Crippen LogP contribution >= 0.6 is 31.9 Å². The van der Waals surface area contributed by atoms with Crippen LogP contribution in [0.15, 0.2) is 44.2 Å². The molecule has 2 aromatic rings. The van der Waals surface area contributed by atoms with E-state index >= 15 is 0 Å². The Morgan fingerprint density at radius 3 is 2.10 bits per heavy atom. The van der Waals surface area contributed by atoms with E-state index in [0.29, 0.717) is 5.69 Å². The third-order valence-electron chi connectivity index (χ3n) is 2.46. The van der Waals surface area contributed by atoms with Crippen molar-refractivity contribution in [3.8, 4) is 0 Å². The Morgan fingerprint density at radius 1 is 1.00 bits per heavy atom. The summed E-state index contributed by atoms with van der Waals surface area (Å²) in [5.41, 5.74) is 5.86. The van der Waals surface area contributed by atoms with Crippen LogP contribution in [0.25, 0.3) is 0 Å². The summed E-state index contributed by atoms with van der Waals surface area (Å²) in [4.78, 5) is -0.0959. The van der Waals surface area contributed by atoms with Gasteiger partial charge in [0.15, 0.2) is 11.6 Å². The normalized spacial score (nSPS) is 11.4. The molecule has 0 atom stereocenters. The molecule has 9 heteroatoms. The highest BCUT2D eigenvalue weighted by atomic mass is 79.9. The molecular formula is C12H8Br2F2N2O2S. The summed E-state index contributed by atoms with van der Waals surface area (Å²) in [5.74, 6) is -2.21. The van der Waals surface area contributed by atoms with E-state index in [1.807, 2.05) is 0 Å². The van der Waals surface area contributed by atoms with Gasteiger partial charge in [0, 0.05) is 20.7 Å². The molecule has 4 nitrogen and oxygen atoms in total. The molecule has 0 unspecified atom stereocenters. The molecule has 112 valence electrons. The van der Waals surface area contributed by atoms with Crippen molar-refractivity contribution in [1.29, 1.82) is 0 Å². The molecule has 2 rings (SSSR count). The first kappa shape index (κ1) is 16.2. The first-order valence-corrected chi connectivity index (χ1v) is 8.50. The number of nitrogen functional groups attached to an aromatic ring is 1. The highest BCUT2D eigenvalue weighted by molar-refractivity contribution is 9.11. The quantitative estimate of drug-likeness (QED) is 0.710. The number of benzene rings is 2. The first-order valence-electron chi connectivity index (χ1n) is 5.43. The fourth-order valence-electron chi connectivity index (χ4n) is 1.60. The Bertz CT molecular complexity index is 790. The van der Waals surface area contributed by atoms with Gasteiger partial charge in [-0.25, -0.2) is 17.2 Å². The van der Waals surface area contributed by atoms with E-state index in [2.05, 4.69) is 36.6 Å². The molecule has 0 fully saturated rings. The van der Waals surface area contributed by atoms with E-state index in [-0.39, 0.29) is 19.5 Å². The second-order valence-electron chi connectivity index (χ2n) is 4.05. The number of nitrogens with two attached hydrogens (primary N) is 1. The van der Waals surface area contributed by atoms with Crippen LogP contribution in [-0.2, 0) is 10.0 Å². The molecule has 0 aliphatic heterocycles. The van der Waals surface area contributed by atoms with Crippen LogP contribution in [0.2, 0.25) is 0 Å². The van der Waals surface area contributed by atoms with Crippen molar-refractivity contribution >= 4 is 53.3 Å². The minimum absolute atomic E-state index is 0.0930. The second kappa shape index (κ2) is 5.90. The van der Waals surface area contributed by atoms with Gasteiger partial charge in [0.05, 0.1) is 5.69 Å². The van der Waals surface area contributed by atoms with E-state index in [1.165, 1.54) is 12.1 Å². The maximum atomic E-state index is 13.1. The number of rotatable bonds is 3. The van der Waals surface area contributed by atoms with Gasteiger partial charge in [-0.05, 0) is 56.1 Å². The molecule has 0 aliphatic carbocycles. The topological polar surface area (TPSA) is 72.2 Å². The SMILES string of the molecule is Nc1cc(Br)c(S(=O)(=O)Nc2ccc(F)c(F)c2)c(Br)c1. The van der Waals surface area contributed by atoms with Crippen LogP contribution in [0.4, 0.5) is 20.2 Å². The third kappa shape index (κ3) is 3.53. The van der Waals surface area contributed by atoms with Crippen molar-refractivity contribution in [2.24, 2.45) is 0 Å². The van der Waals surface area contributed by atoms with Crippen LogP contribution in [0, 0.1) is 11.6 Å². The third-order valence-corrected chi connectivity index (χ3v) is 5.72. The summed E-state index contributed by atoms with van der Waals surface area (Å²) in [6.45, 7) is 0. The molecule has 0 saturated carbocycles. The Hall–Kier alpha value is -1.19. The summed E-state index contributed by atoms with van der Waals surface area (Å²) in [7, 11) is -4.01. The Balaban J connectivity index is 2.46. The Labute approximate surface area is 136 Å². The van der Waals surface area contributed by atoms with Crippen LogP contribution in [0.5, 0.6) is 0 Å². The number of anilines is 2. The Morgan fingerprint density at radius 2 is 1.57 bits per heavy atom. The van der Waals surface area contributed by atoms with Gasteiger partial charge >= 0.3 is 0 Å². The monoisotopic (exact) mass is 440 g/mol. The largest absolute Gasteiger partial charge is 0.399 e. The molecule has 0 aliphatic rings. The minimum atomic E-state index is -4.01. The van der Waals surface area contributed by atoms with Crippen molar-refractivity contribution in [1.82, 2.24) is 0 Å². The molecule has 0 amide bonds.